The highest BCUT2D eigenvalue weighted by Gasteiger charge is 2.72. The van der Waals surface area contributed by atoms with E-state index in [9.17, 15) is 33.1 Å². The molecule has 14 nitrogen and oxygen atoms in total. The van der Waals surface area contributed by atoms with Crippen LogP contribution < -0.4 is 25.4 Å². The smallest absolute Gasteiger partial charge is 0.408 e. The van der Waals surface area contributed by atoms with Gasteiger partial charge in [0.2, 0.25) is 11.8 Å². The highest BCUT2D eigenvalue weighted by atomic mass is 35.5. The number of ether oxygens (including phenoxy) is 3. The number of thiazole rings is 1. The molecule has 1 saturated heterocycles. The molecule has 4 N–H and O–H groups in total. The number of alkyl carbamates (subject to hydrolysis) is 1. The molecule has 4 aliphatic rings. The Hall–Kier alpha value is -4.51. The second-order valence-electron chi connectivity index (χ2n) is 17.2. The van der Waals surface area contributed by atoms with E-state index in [-0.39, 0.29) is 49.2 Å². The number of aliphatic carboxylic acids is 1. The Kier molecular flexibility index (Phi) is 11.0. The Morgan fingerprint density at radius 2 is 1.78 bits per heavy atom. The van der Waals surface area contributed by atoms with E-state index >= 15 is 0 Å². The molecule has 0 spiro atoms. The van der Waals surface area contributed by atoms with Gasteiger partial charge >= 0.3 is 12.1 Å². The van der Waals surface area contributed by atoms with E-state index < -0.39 is 76.9 Å². The van der Waals surface area contributed by atoms with Gasteiger partial charge in [0.25, 0.3) is 5.92 Å². The number of nitrogens with zero attached hydrogens (tertiary/aromatic N) is 3. The van der Waals surface area contributed by atoms with Crippen molar-refractivity contribution in [2.75, 3.05) is 19.0 Å². The lowest BCUT2D eigenvalue weighted by Crippen LogP contribution is -2.59. The number of nitrogens with one attached hydrogen (secondary N) is 3. The Bertz CT molecular complexity index is 2120. The van der Waals surface area contributed by atoms with Gasteiger partial charge in [0, 0.05) is 41.1 Å². The van der Waals surface area contributed by atoms with Gasteiger partial charge in [0.05, 0.1) is 24.9 Å². The van der Waals surface area contributed by atoms with E-state index in [0.29, 0.717) is 45.3 Å². The van der Waals surface area contributed by atoms with E-state index in [1.807, 2.05) is 26.2 Å². The van der Waals surface area contributed by atoms with Crippen LogP contribution in [0.2, 0.25) is 5.02 Å². The van der Waals surface area contributed by atoms with Crippen molar-refractivity contribution < 1.29 is 47.3 Å². The molecule has 314 valence electrons. The minimum absolute atomic E-state index is 0.0212. The summed E-state index contributed by atoms with van der Waals surface area (Å²) in [6, 6.07) is 2.88. The topological polar surface area (TPSA) is 181 Å². The average Bonchev–Trinajstić information content (AvgIpc) is 3.58. The number of rotatable bonds is 13. The number of halogens is 3. The lowest BCUT2D eigenvalue weighted by molar-refractivity contribution is -0.146. The van der Waals surface area contributed by atoms with Crippen molar-refractivity contribution >= 4 is 62.8 Å². The monoisotopic (exact) mass is 846 g/mol. The molecular weight excluding hydrogens is 798 g/mol. The number of amides is 3. The van der Waals surface area contributed by atoms with Crippen LogP contribution in [0.15, 0.2) is 23.6 Å². The summed E-state index contributed by atoms with van der Waals surface area (Å²) in [6.07, 6.45) is -1.59. The number of benzene rings is 1. The van der Waals surface area contributed by atoms with Gasteiger partial charge < -0.3 is 40.2 Å². The molecule has 3 aromatic rings. The number of hydrogen-bond acceptors (Lipinski definition) is 11. The number of pyridine rings is 1. The van der Waals surface area contributed by atoms with E-state index in [2.05, 4.69) is 16.0 Å². The van der Waals surface area contributed by atoms with Crippen LogP contribution in [-0.4, -0.2) is 99.3 Å². The zero-order valence-electron chi connectivity index (χ0n) is 33.4. The molecule has 3 amide bonds. The van der Waals surface area contributed by atoms with E-state index in [1.165, 1.54) is 23.3 Å². The standard InChI is InChI=1S/C40H49ClF2N6O8S/c1-8-19-15-39(19,35(52)53)48-33(50)27-13-21(16-49(27)34(51)32(38(4,5)6)47-37(54)57-20-11-23-24(12-20)40(23,42)43)56-29-14-25(26-17-58-36(46-26)44-18(2)3)45-31-22(29)9-10-28(55-7)30(31)41/h9-10,14,17-21,23-24,27,32H,8,11-13,15-16H2,1-7H3,(H,44,46)(H,47,54)(H,48,50)(H,52,53)/t19?,20-,21-,23+,24-,27+,32?,39-/m1/s1. The normalized spacial score (nSPS) is 27.5. The van der Waals surface area contributed by atoms with Crippen LogP contribution in [0.5, 0.6) is 11.5 Å². The van der Waals surface area contributed by atoms with Crippen LogP contribution in [0, 0.1) is 23.2 Å². The first-order valence-electron chi connectivity index (χ1n) is 19.5. The van der Waals surface area contributed by atoms with Crippen molar-refractivity contribution in [1.82, 2.24) is 25.5 Å². The van der Waals surface area contributed by atoms with Gasteiger partial charge in [0.15, 0.2) is 5.13 Å². The Balaban J connectivity index is 1.19. The number of anilines is 1. The molecule has 3 aliphatic carbocycles. The van der Waals surface area contributed by atoms with Crippen molar-refractivity contribution in [3.05, 3.63) is 28.6 Å². The first-order chi connectivity index (χ1) is 27.3. The van der Waals surface area contributed by atoms with Gasteiger partial charge in [-0.25, -0.2) is 28.3 Å². The number of hydrogen-bond donors (Lipinski definition) is 4. The molecule has 8 atom stereocenters. The summed E-state index contributed by atoms with van der Waals surface area (Å²) in [6.45, 7) is 10.9. The van der Waals surface area contributed by atoms with Crippen LogP contribution in [0.3, 0.4) is 0 Å². The molecule has 1 aromatic carbocycles. The maximum absolute atomic E-state index is 14.7. The molecule has 2 aromatic heterocycles. The second-order valence-corrected chi connectivity index (χ2v) is 18.4. The van der Waals surface area contributed by atoms with Crippen molar-refractivity contribution in [1.29, 1.82) is 0 Å². The quantitative estimate of drug-likeness (QED) is 0.143. The maximum Gasteiger partial charge on any atom is 0.408 e. The van der Waals surface area contributed by atoms with Crippen molar-refractivity contribution in [3.63, 3.8) is 0 Å². The minimum atomic E-state index is -2.74. The largest absolute Gasteiger partial charge is 0.495 e. The maximum atomic E-state index is 14.7. The molecule has 58 heavy (non-hydrogen) atoms. The predicted molar refractivity (Wildman–Crippen MR) is 212 cm³/mol. The third kappa shape index (κ3) is 7.83. The number of carboxylic acid groups (broad SMARTS) is 1. The fourth-order valence-electron chi connectivity index (χ4n) is 8.43. The van der Waals surface area contributed by atoms with Crippen molar-refractivity contribution in [2.45, 2.75) is 115 Å². The van der Waals surface area contributed by atoms with Crippen molar-refractivity contribution in [2.24, 2.45) is 23.2 Å². The zero-order valence-corrected chi connectivity index (χ0v) is 34.9. The second kappa shape index (κ2) is 15.3. The number of carbonyl (C=O) groups is 4. The SMILES string of the molecule is CCC1C[C@]1(NC(=O)[C@@H]1C[C@@H](Oc2cc(-c3csc(NC(C)C)n3)nc3c(Cl)c(OC)ccc23)CN1C(=O)C(NC(=O)O[C@H]1C[C@@H]2[C@H](C1)C2(F)F)C(C)(C)C)C(=O)O. The molecule has 0 radical (unpaired) electrons. The van der Waals surface area contributed by atoms with Gasteiger partial charge in [-0.2, -0.15) is 0 Å². The Morgan fingerprint density at radius 3 is 2.38 bits per heavy atom. The minimum Gasteiger partial charge on any atom is -0.495 e. The fourth-order valence-corrected chi connectivity index (χ4v) is 9.56. The lowest BCUT2D eigenvalue weighted by Gasteiger charge is -2.35. The lowest BCUT2D eigenvalue weighted by atomic mass is 9.85. The average molecular weight is 847 g/mol. The van der Waals surface area contributed by atoms with E-state index in [4.69, 9.17) is 35.8 Å². The summed E-state index contributed by atoms with van der Waals surface area (Å²) in [7, 11) is 1.49. The third-order valence-electron chi connectivity index (χ3n) is 11.8. The predicted octanol–water partition coefficient (Wildman–Crippen LogP) is 6.74. The summed E-state index contributed by atoms with van der Waals surface area (Å²) in [4.78, 5) is 65.3. The molecule has 0 bridgehead atoms. The molecular formula is C40H49ClF2N6O8S. The summed E-state index contributed by atoms with van der Waals surface area (Å²) in [5.74, 6) is -6.36. The van der Waals surface area contributed by atoms with Gasteiger partial charge in [-0.05, 0) is 56.6 Å². The van der Waals surface area contributed by atoms with Crippen LogP contribution >= 0.6 is 22.9 Å². The van der Waals surface area contributed by atoms with Gasteiger partial charge in [-0.15, -0.1) is 11.3 Å². The summed E-state index contributed by atoms with van der Waals surface area (Å²) in [5, 5.41) is 22.1. The van der Waals surface area contributed by atoms with Gasteiger partial charge in [-0.3, -0.25) is 9.59 Å². The Labute approximate surface area is 343 Å². The van der Waals surface area contributed by atoms with Crippen LogP contribution in [0.4, 0.5) is 18.7 Å². The molecule has 4 fully saturated rings. The number of fused-ring (bicyclic) bond motifs is 2. The molecule has 3 heterocycles. The van der Waals surface area contributed by atoms with Crippen LogP contribution in [0.1, 0.15) is 73.6 Å². The number of methoxy groups -OCH3 is 1. The van der Waals surface area contributed by atoms with Gasteiger partial charge in [0.1, 0.15) is 52.0 Å². The first-order valence-corrected chi connectivity index (χ1v) is 20.8. The van der Waals surface area contributed by atoms with Crippen molar-refractivity contribution in [3.8, 4) is 22.9 Å². The van der Waals surface area contributed by atoms with Gasteiger partial charge in [-0.1, -0.05) is 45.7 Å². The fraction of sp³-hybridized carbons (Fsp3) is 0.600. The number of alkyl halides is 2. The van der Waals surface area contributed by atoms with Crippen LogP contribution in [0.25, 0.3) is 22.3 Å². The van der Waals surface area contributed by atoms with E-state index in [1.54, 1.807) is 39.0 Å². The molecule has 18 heteroatoms. The van der Waals surface area contributed by atoms with E-state index in [0.717, 1.165) is 0 Å². The third-order valence-corrected chi connectivity index (χ3v) is 12.9. The molecule has 3 saturated carbocycles. The molecule has 1 aliphatic heterocycles. The highest BCUT2D eigenvalue weighted by Crippen LogP contribution is 2.64. The summed E-state index contributed by atoms with van der Waals surface area (Å²) >= 11 is 8.21. The number of aromatic nitrogens is 2. The summed E-state index contributed by atoms with van der Waals surface area (Å²) in [5.41, 5.74) is -0.987. The number of likely N-dealkylation sites (tertiary alicyclic amines) is 1. The van der Waals surface area contributed by atoms with Crippen LogP contribution in [-0.2, 0) is 19.1 Å². The Morgan fingerprint density at radius 1 is 1.07 bits per heavy atom. The number of carbonyl (C=O) groups excluding carboxylic acids is 3. The molecule has 7 rings (SSSR count). The number of carboxylic acids is 1. The first kappa shape index (κ1) is 41.6. The zero-order chi connectivity index (χ0) is 42.1. The molecule has 2 unspecified atom stereocenters. The summed E-state index contributed by atoms with van der Waals surface area (Å²) < 4.78 is 45.3. The highest BCUT2D eigenvalue weighted by molar-refractivity contribution is 7.14.